The Bertz CT molecular complexity index is 500. The average molecular weight is 305 g/mol. The van der Waals surface area contributed by atoms with E-state index in [1.54, 1.807) is 6.92 Å². The van der Waals surface area contributed by atoms with Crippen LogP contribution in [-0.2, 0) is 15.7 Å². The Kier molecular flexibility index (Phi) is 6.14. The van der Waals surface area contributed by atoms with E-state index in [1.807, 2.05) is 26.0 Å². The fourth-order valence-corrected chi connectivity index (χ4v) is 2.94. The minimum Gasteiger partial charge on any atom is -0.493 e. The highest BCUT2D eigenvalue weighted by atomic mass is 35.5. The molecule has 0 saturated heterocycles. The van der Waals surface area contributed by atoms with Gasteiger partial charge in [-0.1, -0.05) is 19.1 Å². The van der Waals surface area contributed by atoms with Crippen LogP contribution in [0.3, 0.4) is 0 Å². The van der Waals surface area contributed by atoms with E-state index in [0.29, 0.717) is 18.9 Å². The van der Waals surface area contributed by atoms with Gasteiger partial charge in [0.15, 0.2) is 0 Å². The second-order valence-corrected chi connectivity index (χ2v) is 7.37. The van der Waals surface area contributed by atoms with E-state index >= 15 is 0 Å². The number of ether oxygens (including phenoxy) is 1. The molecule has 0 aliphatic rings. The standard InChI is InChI=1S/C14H21ClO3S/c1-4-19(16,17)7-5-6-18-14-11(2)8-13(10-15)9-12(14)3/h8-9H,4-7,10H2,1-3H3. The van der Waals surface area contributed by atoms with Crippen LogP contribution in [0.15, 0.2) is 12.1 Å². The van der Waals surface area contributed by atoms with Gasteiger partial charge in [-0.3, -0.25) is 0 Å². The molecule has 0 radical (unpaired) electrons. The molecule has 0 amide bonds. The fraction of sp³-hybridized carbons (Fsp3) is 0.571. The third-order valence-electron chi connectivity index (χ3n) is 2.96. The van der Waals surface area contributed by atoms with Gasteiger partial charge in [0.05, 0.1) is 12.4 Å². The number of hydrogen-bond donors (Lipinski definition) is 0. The maximum Gasteiger partial charge on any atom is 0.150 e. The third-order valence-corrected chi connectivity index (χ3v) is 5.06. The summed E-state index contributed by atoms with van der Waals surface area (Å²) in [5.41, 5.74) is 3.14. The Morgan fingerprint density at radius 1 is 1.21 bits per heavy atom. The molecular weight excluding hydrogens is 284 g/mol. The van der Waals surface area contributed by atoms with Gasteiger partial charge in [-0.25, -0.2) is 8.42 Å². The van der Waals surface area contributed by atoms with E-state index in [4.69, 9.17) is 16.3 Å². The molecule has 3 nitrogen and oxygen atoms in total. The van der Waals surface area contributed by atoms with Crippen LogP contribution in [0.4, 0.5) is 0 Å². The molecule has 0 spiro atoms. The van der Waals surface area contributed by atoms with Crippen molar-refractivity contribution in [3.63, 3.8) is 0 Å². The highest BCUT2D eigenvalue weighted by molar-refractivity contribution is 7.91. The van der Waals surface area contributed by atoms with Crippen LogP contribution in [0.25, 0.3) is 0 Å². The minimum absolute atomic E-state index is 0.182. The number of rotatable bonds is 7. The first-order chi connectivity index (χ1) is 8.89. The number of halogens is 1. The molecule has 0 heterocycles. The zero-order chi connectivity index (χ0) is 14.5. The van der Waals surface area contributed by atoms with Crippen molar-refractivity contribution in [2.75, 3.05) is 18.1 Å². The molecule has 0 unspecified atom stereocenters. The molecule has 1 rings (SSSR count). The zero-order valence-electron chi connectivity index (χ0n) is 11.7. The highest BCUT2D eigenvalue weighted by Gasteiger charge is 2.09. The SMILES string of the molecule is CCS(=O)(=O)CCCOc1c(C)cc(CCl)cc1C. The molecule has 19 heavy (non-hydrogen) atoms. The van der Waals surface area contributed by atoms with Gasteiger partial charge in [0.1, 0.15) is 15.6 Å². The summed E-state index contributed by atoms with van der Waals surface area (Å²) in [4.78, 5) is 0. The van der Waals surface area contributed by atoms with Gasteiger partial charge >= 0.3 is 0 Å². The van der Waals surface area contributed by atoms with Gasteiger partial charge < -0.3 is 4.74 Å². The molecular formula is C14H21ClO3S. The van der Waals surface area contributed by atoms with Crippen molar-refractivity contribution in [2.24, 2.45) is 0 Å². The monoisotopic (exact) mass is 304 g/mol. The quantitative estimate of drug-likeness (QED) is 0.574. The van der Waals surface area contributed by atoms with Crippen LogP contribution in [-0.4, -0.2) is 26.5 Å². The summed E-state index contributed by atoms with van der Waals surface area (Å²) in [7, 11) is -2.90. The van der Waals surface area contributed by atoms with Crippen molar-refractivity contribution < 1.29 is 13.2 Å². The first-order valence-electron chi connectivity index (χ1n) is 6.39. The molecule has 1 aromatic carbocycles. The van der Waals surface area contributed by atoms with Gasteiger partial charge in [-0.2, -0.15) is 0 Å². The molecule has 0 aromatic heterocycles. The summed E-state index contributed by atoms with van der Waals surface area (Å²) < 4.78 is 28.4. The lowest BCUT2D eigenvalue weighted by molar-refractivity contribution is 0.313. The summed E-state index contributed by atoms with van der Waals surface area (Å²) in [5.74, 6) is 1.69. The van der Waals surface area contributed by atoms with E-state index in [2.05, 4.69) is 0 Å². The topological polar surface area (TPSA) is 43.4 Å². The smallest absolute Gasteiger partial charge is 0.150 e. The summed E-state index contributed by atoms with van der Waals surface area (Å²) in [6, 6.07) is 4.00. The van der Waals surface area contributed by atoms with Crippen molar-refractivity contribution in [3.8, 4) is 5.75 Å². The Morgan fingerprint density at radius 2 is 1.79 bits per heavy atom. The molecule has 0 aliphatic heterocycles. The highest BCUT2D eigenvalue weighted by Crippen LogP contribution is 2.25. The number of aryl methyl sites for hydroxylation is 2. The number of sulfone groups is 1. The molecule has 0 fully saturated rings. The summed E-state index contributed by atoms with van der Waals surface area (Å²) in [5, 5.41) is 0. The normalized spacial score (nSPS) is 11.6. The summed E-state index contributed by atoms with van der Waals surface area (Å²) in [6.07, 6.45) is 0.520. The van der Waals surface area contributed by atoms with E-state index < -0.39 is 9.84 Å². The first kappa shape index (κ1) is 16.3. The Labute approximate surface area is 120 Å². The molecule has 0 atom stereocenters. The van der Waals surface area contributed by atoms with E-state index in [1.165, 1.54) is 0 Å². The molecule has 108 valence electrons. The lowest BCUT2D eigenvalue weighted by Gasteiger charge is -2.13. The maximum atomic E-state index is 11.4. The van der Waals surface area contributed by atoms with Crippen molar-refractivity contribution in [3.05, 3.63) is 28.8 Å². The Balaban J connectivity index is 2.59. The van der Waals surface area contributed by atoms with Crippen molar-refractivity contribution in [1.82, 2.24) is 0 Å². The van der Waals surface area contributed by atoms with Gasteiger partial charge in [0, 0.05) is 11.6 Å². The number of hydrogen-bond acceptors (Lipinski definition) is 3. The fourth-order valence-electron chi connectivity index (χ4n) is 1.94. The van der Waals surface area contributed by atoms with Gasteiger partial charge in [0.25, 0.3) is 0 Å². The van der Waals surface area contributed by atoms with Crippen molar-refractivity contribution >= 4 is 21.4 Å². The van der Waals surface area contributed by atoms with Crippen LogP contribution in [0.1, 0.15) is 30.0 Å². The minimum atomic E-state index is -2.90. The maximum absolute atomic E-state index is 11.4. The predicted molar refractivity (Wildman–Crippen MR) is 79.9 cm³/mol. The largest absolute Gasteiger partial charge is 0.493 e. The van der Waals surface area contributed by atoms with Crippen LogP contribution < -0.4 is 4.74 Å². The molecule has 1 aromatic rings. The molecule has 0 bridgehead atoms. The number of alkyl halides is 1. The second-order valence-electron chi connectivity index (χ2n) is 4.63. The average Bonchev–Trinajstić information content (AvgIpc) is 2.36. The molecule has 5 heteroatoms. The summed E-state index contributed by atoms with van der Waals surface area (Å²) >= 11 is 5.81. The van der Waals surface area contributed by atoms with Gasteiger partial charge in [-0.15, -0.1) is 11.6 Å². The molecule has 0 aliphatic carbocycles. The van der Waals surface area contributed by atoms with Crippen LogP contribution in [0.2, 0.25) is 0 Å². The lowest BCUT2D eigenvalue weighted by atomic mass is 10.1. The Hall–Kier alpha value is -0.740. The predicted octanol–water partition coefficient (Wildman–Crippen LogP) is 3.25. The molecule has 0 saturated carbocycles. The zero-order valence-corrected chi connectivity index (χ0v) is 13.3. The first-order valence-corrected chi connectivity index (χ1v) is 8.74. The van der Waals surface area contributed by atoms with E-state index in [0.717, 1.165) is 22.4 Å². The van der Waals surface area contributed by atoms with Crippen LogP contribution in [0.5, 0.6) is 5.75 Å². The van der Waals surface area contributed by atoms with Crippen molar-refractivity contribution in [1.29, 1.82) is 0 Å². The van der Waals surface area contributed by atoms with Gasteiger partial charge in [-0.05, 0) is 37.0 Å². The van der Waals surface area contributed by atoms with E-state index in [9.17, 15) is 8.42 Å². The number of benzene rings is 1. The Morgan fingerprint density at radius 3 is 2.26 bits per heavy atom. The molecule has 0 N–H and O–H groups in total. The lowest BCUT2D eigenvalue weighted by Crippen LogP contribution is -2.12. The summed E-state index contributed by atoms with van der Waals surface area (Å²) in [6.45, 7) is 6.03. The van der Waals surface area contributed by atoms with Crippen molar-refractivity contribution in [2.45, 2.75) is 33.1 Å². The van der Waals surface area contributed by atoms with E-state index in [-0.39, 0.29) is 11.5 Å². The third kappa shape index (κ3) is 5.03. The van der Waals surface area contributed by atoms with Crippen LogP contribution in [0, 0.1) is 13.8 Å². The van der Waals surface area contributed by atoms with Crippen LogP contribution >= 0.6 is 11.6 Å². The van der Waals surface area contributed by atoms with Gasteiger partial charge in [0.2, 0.25) is 0 Å². The second kappa shape index (κ2) is 7.15.